The largest absolute Gasteiger partial charge is 0.472 e. The fourth-order valence-corrected chi connectivity index (χ4v) is 9.19. The molecule has 0 fully saturated rings. The first-order valence-corrected chi connectivity index (χ1v) is 32.3. The molecular weight excluding hydrogens is 948 g/mol. The Labute approximate surface area is 463 Å². The summed E-state index contributed by atoms with van der Waals surface area (Å²) in [4.78, 5) is 23.3. The highest BCUT2D eigenvalue weighted by atomic mass is 31.2. The summed E-state index contributed by atoms with van der Waals surface area (Å²) < 4.78 is 23.7. The van der Waals surface area contributed by atoms with Crippen molar-refractivity contribution in [2.24, 2.45) is 0 Å². The number of aliphatic hydroxyl groups excluding tert-OH is 1. The molecule has 0 rings (SSSR count). The molecular formula is C66H118N2O6P+. The Morgan fingerprint density at radius 2 is 0.813 bits per heavy atom. The topological polar surface area (TPSA) is 105 Å². The number of carbonyl (C=O) groups is 1. The van der Waals surface area contributed by atoms with E-state index in [0.717, 1.165) is 103 Å². The zero-order valence-corrected chi connectivity index (χ0v) is 50.1. The SMILES string of the molecule is CC/C=C\C/C=C\C/C=C\C/C=C\C/C=C\C/C=C\C/C=C\CCCCCCCC(=O)NC(COP(=O)(O)OCC[N+](C)(C)C)C(O)/C=C/CC/C=C/CCCCCCCCCCCCCCCCCCCCCC. The predicted molar refractivity (Wildman–Crippen MR) is 327 cm³/mol. The summed E-state index contributed by atoms with van der Waals surface area (Å²) in [5, 5.41) is 13.9. The number of aliphatic hydroxyl groups is 1. The average molecular weight is 1070 g/mol. The minimum absolute atomic E-state index is 0.0461. The molecule has 0 bridgehead atoms. The van der Waals surface area contributed by atoms with E-state index in [1.54, 1.807) is 6.08 Å². The summed E-state index contributed by atoms with van der Waals surface area (Å²) in [5.74, 6) is -0.208. The van der Waals surface area contributed by atoms with Gasteiger partial charge in [0, 0.05) is 6.42 Å². The van der Waals surface area contributed by atoms with Crippen LogP contribution < -0.4 is 5.32 Å². The number of rotatable bonds is 55. The normalized spacial score (nSPS) is 14.6. The summed E-state index contributed by atoms with van der Waals surface area (Å²) in [7, 11) is 1.53. The fraction of sp³-hybridized carbons (Fsp3) is 0.712. The third-order valence-electron chi connectivity index (χ3n) is 13.2. The van der Waals surface area contributed by atoms with Crippen molar-refractivity contribution in [3.8, 4) is 0 Å². The van der Waals surface area contributed by atoms with Crippen LogP contribution in [0.25, 0.3) is 0 Å². The van der Waals surface area contributed by atoms with Crippen molar-refractivity contribution >= 4 is 13.7 Å². The molecule has 0 aromatic carbocycles. The van der Waals surface area contributed by atoms with E-state index >= 15 is 0 Å². The minimum atomic E-state index is -4.37. The van der Waals surface area contributed by atoms with Gasteiger partial charge in [0.2, 0.25) is 5.91 Å². The summed E-state index contributed by atoms with van der Waals surface area (Å²) in [6.45, 7) is 4.67. The number of amides is 1. The van der Waals surface area contributed by atoms with Crippen molar-refractivity contribution in [3.05, 3.63) is 109 Å². The molecule has 75 heavy (non-hydrogen) atoms. The molecule has 1 amide bonds. The van der Waals surface area contributed by atoms with Crippen LogP contribution in [-0.2, 0) is 18.4 Å². The second-order valence-corrected chi connectivity index (χ2v) is 23.1. The summed E-state index contributed by atoms with van der Waals surface area (Å²) in [6, 6.07) is -0.884. The number of nitrogens with zero attached hydrogens (tertiary/aromatic N) is 1. The smallest absolute Gasteiger partial charge is 0.387 e. The van der Waals surface area contributed by atoms with Crippen molar-refractivity contribution in [1.29, 1.82) is 0 Å². The van der Waals surface area contributed by atoms with Crippen molar-refractivity contribution in [1.82, 2.24) is 5.32 Å². The predicted octanol–water partition coefficient (Wildman–Crippen LogP) is 19.2. The number of hydrogen-bond acceptors (Lipinski definition) is 5. The number of phosphoric acid groups is 1. The number of allylic oxidation sites excluding steroid dienone is 17. The van der Waals surface area contributed by atoms with Gasteiger partial charge in [0.25, 0.3) is 0 Å². The van der Waals surface area contributed by atoms with Gasteiger partial charge in [0.1, 0.15) is 13.2 Å². The zero-order valence-electron chi connectivity index (χ0n) is 49.3. The molecule has 0 aliphatic carbocycles. The van der Waals surface area contributed by atoms with Gasteiger partial charge in [0.15, 0.2) is 0 Å². The lowest BCUT2D eigenvalue weighted by Gasteiger charge is -2.25. The molecule has 8 nitrogen and oxygen atoms in total. The van der Waals surface area contributed by atoms with Crippen molar-refractivity contribution < 1.29 is 32.9 Å². The van der Waals surface area contributed by atoms with E-state index < -0.39 is 20.0 Å². The van der Waals surface area contributed by atoms with Crippen LogP contribution in [0.5, 0.6) is 0 Å². The van der Waals surface area contributed by atoms with E-state index in [2.05, 4.69) is 116 Å². The zero-order chi connectivity index (χ0) is 54.9. The number of quaternary nitrogens is 1. The van der Waals surface area contributed by atoms with E-state index in [1.165, 1.54) is 128 Å². The number of hydrogen-bond donors (Lipinski definition) is 3. The molecule has 0 aliphatic heterocycles. The molecule has 0 spiro atoms. The molecule has 0 aromatic rings. The van der Waals surface area contributed by atoms with Crippen LogP contribution in [0.15, 0.2) is 109 Å². The molecule has 0 saturated carbocycles. The molecule has 3 unspecified atom stereocenters. The summed E-state index contributed by atoms with van der Waals surface area (Å²) >= 11 is 0. The van der Waals surface area contributed by atoms with Crippen molar-refractivity contribution in [3.63, 3.8) is 0 Å². The number of likely N-dealkylation sites (N-methyl/N-ethyl adjacent to an activating group) is 1. The fourth-order valence-electron chi connectivity index (χ4n) is 8.45. The van der Waals surface area contributed by atoms with Gasteiger partial charge in [0.05, 0.1) is 39.9 Å². The van der Waals surface area contributed by atoms with E-state index in [1.807, 2.05) is 27.2 Å². The summed E-state index contributed by atoms with van der Waals surface area (Å²) in [5.41, 5.74) is 0. The molecule has 3 N–H and O–H groups in total. The van der Waals surface area contributed by atoms with E-state index in [0.29, 0.717) is 17.4 Å². The maximum atomic E-state index is 13.0. The Hall–Kier alpha value is -2.84. The lowest BCUT2D eigenvalue weighted by molar-refractivity contribution is -0.870. The Kier molecular flexibility index (Phi) is 53.8. The second kappa shape index (κ2) is 55.9. The van der Waals surface area contributed by atoms with E-state index in [-0.39, 0.29) is 19.1 Å². The first kappa shape index (κ1) is 72.2. The Balaban J connectivity index is 4.30. The van der Waals surface area contributed by atoms with Crippen LogP contribution in [0.2, 0.25) is 0 Å². The van der Waals surface area contributed by atoms with Gasteiger partial charge >= 0.3 is 7.82 Å². The third-order valence-corrected chi connectivity index (χ3v) is 14.2. The monoisotopic (exact) mass is 1070 g/mol. The molecule has 0 heterocycles. The van der Waals surface area contributed by atoms with Gasteiger partial charge in [-0.05, 0) is 89.9 Å². The minimum Gasteiger partial charge on any atom is -0.387 e. The van der Waals surface area contributed by atoms with Crippen molar-refractivity contribution in [2.45, 2.75) is 264 Å². The van der Waals surface area contributed by atoms with Gasteiger partial charge in [-0.15, -0.1) is 0 Å². The Bertz CT molecular complexity index is 1590. The molecule has 0 saturated heterocycles. The standard InChI is InChI=1S/C66H117N2O6P/c1-6-8-10-12-14-16-18-20-22-24-26-28-30-32-34-36-38-40-42-44-46-48-50-52-54-56-58-60-66(70)67-64(63-74-75(71,72)73-62-61-68(3,4)5)65(69)59-57-55-53-51-49-47-45-43-41-39-37-35-33-31-29-27-25-23-21-19-17-15-13-11-9-7-2/h8,10,14,16,20,22,26,28,32,34,38,40,44,46,49,51,57,59,64-65,69H,6-7,9,11-13,15,17-19,21,23-25,27,29-31,33,35-37,39,41-43,45,47-48,50,52-56,58,60-63H2,1-5H3,(H-,67,70,71,72)/p+1/b10-8-,16-14-,22-20-,28-26-,34-32-,40-38-,46-44-,51-49+,59-57+. The van der Waals surface area contributed by atoms with Gasteiger partial charge in [-0.3, -0.25) is 13.8 Å². The van der Waals surface area contributed by atoms with Crippen LogP contribution in [0.1, 0.15) is 251 Å². The molecule has 3 atom stereocenters. The number of carbonyl (C=O) groups excluding carboxylic acids is 1. The van der Waals surface area contributed by atoms with Gasteiger partial charge in [-0.2, -0.15) is 0 Å². The lowest BCUT2D eigenvalue weighted by Crippen LogP contribution is -2.45. The van der Waals surface area contributed by atoms with Crippen LogP contribution in [0.3, 0.4) is 0 Å². The number of phosphoric ester groups is 1. The molecule has 0 aromatic heterocycles. The highest BCUT2D eigenvalue weighted by Gasteiger charge is 2.27. The number of unbranched alkanes of at least 4 members (excludes halogenated alkanes) is 26. The highest BCUT2D eigenvalue weighted by Crippen LogP contribution is 2.43. The summed E-state index contributed by atoms with van der Waals surface area (Å²) in [6.07, 6.45) is 82.0. The Morgan fingerprint density at radius 1 is 0.467 bits per heavy atom. The molecule has 0 radical (unpaired) electrons. The maximum absolute atomic E-state index is 13.0. The van der Waals surface area contributed by atoms with Crippen LogP contribution in [-0.4, -0.2) is 73.4 Å². The van der Waals surface area contributed by atoms with Crippen LogP contribution >= 0.6 is 7.82 Å². The van der Waals surface area contributed by atoms with Gasteiger partial charge in [-0.1, -0.05) is 264 Å². The molecule has 0 aliphatic rings. The van der Waals surface area contributed by atoms with Crippen LogP contribution in [0.4, 0.5) is 0 Å². The molecule has 432 valence electrons. The first-order chi connectivity index (χ1) is 36.5. The average Bonchev–Trinajstić information content (AvgIpc) is 3.37. The first-order valence-electron chi connectivity index (χ1n) is 30.8. The van der Waals surface area contributed by atoms with Gasteiger partial charge < -0.3 is 19.8 Å². The Morgan fingerprint density at radius 3 is 1.23 bits per heavy atom. The number of nitrogens with one attached hydrogen (secondary N) is 1. The van der Waals surface area contributed by atoms with Gasteiger partial charge in [-0.25, -0.2) is 4.57 Å². The van der Waals surface area contributed by atoms with Crippen molar-refractivity contribution in [2.75, 3.05) is 40.9 Å². The maximum Gasteiger partial charge on any atom is 0.472 e. The third kappa shape index (κ3) is 58.7. The highest BCUT2D eigenvalue weighted by molar-refractivity contribution is 7.47. The van der Waals surface area contributed by atoms with E-state index in [9.17, 15) is 19.4 Å². The lowest BCUT2D eigenvalue weighted by atomic mass is 10.0. The van der Waals surface area contributed by atoms with E-state index in [4.69, 9.17) is 9.05 Å². The second-order valence-electron chi connectivity index (χ2n) is 21.7. The van der Waals surface area contributed by atoms with Crippen LogP contribution in [0, 0.1) is 0 Å². The quantitative estimate of drug-likeness (QED) is 0.0243. The molecule has 9 heteroatoms.